The van der Waals surface area contributed by atoms with E-state index in [-0.39, 0.29) is 11.9 Å². The Hall–Kier alpha value is -1.61. The van der Waals surface area contributed by atoms with Gasteiger partial charge in [-0.15, -0.1) is 0 Å². The molecule has 0 amide bonds. The first-order valence-corrected chi connectivity index (χ1v) is 5.66. The van der Waals surface area contributed by atoms with Gasteiger partial charge >= 0.3 is 0 Å². The van der Waals surface area contributed by atoms with Gasteiger partial charge in [-0.3, -0.25) is 4.98 Å². The maximum atomic E-state index is 13.1. The predicted molar refractivity (Wildman–Crippen MR) is 67.7 cm³/mol. The van der Waals surface area contributed by atoms with Crippen molar-refractivity contribution in [1.82, 2.24) is 4.98 Å². The highest BCUT2D eigenvalue weighted by Gasteiger charge is 2.07. The van der Waals surface area contributed by atoms with Crippen LogP contribution >= 0.6 is 11.6 Å². The molecule has 2 aromatic rings. The molecule has 1 atom stereocenters. The molecule has 0 spiro atoms. The highest BCUT2D eigenvalue weighted by atomic mass is 35.5. The van der Waals surface area contributed by atoms with Crippen molar-refractivity contribution in [3.05, 3.63) is 59.1 Å². The van der Waals surface area contributed by atoms with Crippen molar-refractivity contribution in [2.75, 3.05) is 5.32 Å². The Morgan fingerprint density at radius 3 is 2.88 bits per heavy atom. The van der Waals surface area contributed by atoms with E-state index >= 15 is 0 Å². The Kier molecular flexibility index (Phi) is 3.59. The zero-order valence-corrected chi connectivity index (χ0v) is 10.1. The van der Waals surface area contributed by atoms with Gasteiger partial charge in [0.05, 0.1) is 10.7 Å². The molecule has 0 radical (unpaired) electrons. The summed E-state index contributed by atoms with van der Waals surface area (Å²) in [7, 11) is 0. The number of halogens is 2. The summed E-state index contributed by atoms with van der Waals surface area (Å²) in [5.74, 6) is -0.239. The molecule has 1 N–H and O–H groups in total. The lowest BCUT2D eigenvalue weighted by Crippen LogP contribution is -2.07. The number of hydrogen-bond acceptors (Lipinski definition) is 2. The molecule has 88 valence electrons. The molecule has 1 aromatic carbocycles. The van der Waals surface area contributed by atoms with Crippen LogP contribution in [0.25, 0.3) is 0 Å². The molecule has 0 aliphatic rings. The second kappa shape index (κ2) is 5.15. The van der Waals surface area contributed by atoms with Crippen LogP contribution in [-0.2, 0) is 0 Å². The topological polar surface area (TPSA) is 24.9 Å². The molecule has 4 heteroatoms. The Morgan fingerprint density at radius 2 is 2.18 bits per heavy atom. The van der Waals surface area contributed by atoms with Crippen LogP contribution in [0.3, 0.4) is 0 Å². The summed E-state index contributed by atoms with van der Waals surface area (Å²) in [6, 6.07) is 8.26. The highest BCUT2D eigenvalue weighted by Crippen LogP contribution is 2.25. The largest absolute Gasteiger partial charge is 0.377 e. The second-order valence-electron chi connectivity index (χ2n) is 3.78. The van der Waals surface area contributed by atoms with Crippen molar-refractivity contribution in [2.24, 2.45) is 0 Å². The zero-order valence-electron chi connectivity index (χ0n) is 9.32. The van der Waals surface area contributed by atoms with Gasteiger partial charge in [-0.05, 0) is 30.7 Å². The van der Waals surface area contributed by atoms with E-state index in [1.165, 1.54) is 12.1 Å². The van der Waals surface area contributed by atoms with Crippen molar-refractivity contribution in [3.63, 3.8) is 0 Å². The van der Waals surface area contributed by atoms with Crippen LogP contribution in [0.2, 0.25) is 5.02 Å². The summed E-state index contributed by atoms with van der Waals surface area (Å²) in [5.41, 5.74) is 1.66. The Labute approximate surface area is 104 Å². The van der Waals surface area contributed by atoms with Crippen LogP contribution in [0.5, 0.6) is 0 Å². The molecular weight excluding hydrogens is 239 g/mol. The summed E-state index contributed by atoms with van der Waals surface area (Å²) in [4.78, 5) is 3.91. The smallest absolute Gasteiger partial charge is 0.123 e. The minimum atomic E-state index is -0.239. The molecule has 0 saturated carbocycles. The lowest BCUT2D eigenvalue weighted by Gasteiger charge is -2.16. The van der Waals surface area contributed by atoms with Gasteiger partial charge in [0, 0.05) is 18.4 Å². The number of pyridine rings is 1. The number of nitrogens with one attached hydrogen (secondary N) is 1. The first-order chi connectivity index (χ1) is 8.16. The third kappa shape index (κ3) is 2.94. The predicted octanol–water partition coefficient (Wildman–Crippen LogP) is 4.05. The lowest BCUT2D eigenvalue weighted by atomic mass is 10.1. The average Bonchev–Trinajstić information content (AvgIpc) is 2.32. The van der Waals surface area contributed by atoms with E-state index < -0.39 is 0 Å². The molecule has 2 nitrogen and oxygen atoms in total. The quantitative estimate of drug-likeness (QED) is 0.889. The summed E-state index contributed by atoms with van der Waals surface area (Å²) in [5, 5.41) is 3.77. The Morgan fingerprint density at radius 1 is 1.35 bits per heavy atom. The van der Waals surface area contributed by atoms with Crippen molar-refractivity contribution in [2.45, 2.75) is 13.0 Å². The van der Waals surface area contributed by atoms with Crippen molar-refractivity contribution in [3.8, 4) is 0 Å². The number of anilines is 1. The van der Waals surface area contributed by atoms with Crippen molar-refractivity contribution >= 4 is 17.3 Å². The third-order valence-electron chi connectivity index (χ3n) is 2.49. The van der Waals surface area contributed by atoms with Gasteiger partial charge in [0.25, 0.3) is 0 Å². The number of rotatable bonds is 3. The number of nitrogens with zero attached hydrogens (tertiary/aromatic N) is 1. The van der Waals surface area contributed by atoms with E-state index in [2.05, 4.69) is 10.3 Å². The summed E-state index contributed by atoms with van der Waals surface area (Å²) in [6.45, 7) is 1.95. The third-order valence-corrected chi connectivity index (χ3v) is 2.79. The monoisotopic (exact) mass is 250 g/mol. The molecule has 0 aliphatic heterocycles. The van der Waals surface area contributed by atoms with Gasteiger partial charge < -0.3 is 5.32 Å². The van der Waals surface area contributed by atoms with Gasteiger partial charge in [-0.2, -0.15) is 0 Å². The molecule has 1 heterocycles. The van der Waals surface area contributed by atoms with Crippen LogP contribution in [0, 0.1) is 5.82 Å². The van der Waals surface area contributed by atoms with Crippen LogP contribution < -0.4 is 5.32 Å². The van der Waals surface area contributed by atoms with E-state index in [1.807, 2.05) is 13.0 Å². The van der Waals surface area contributed by atoms with Gasteiger partial charge in [0.1, 0.15) is 5.82 Å². The molecule has 0 fully saturated rings. The second-order valence-corrected chi connectivity index (χ2v) is 4.18. The van der Waals surface area contributed by atoms with Crippen LogP contribution in [0.1, 0.15) is 18.5 Å². The normalized spacial score (nSPS) is 12.2. The SMILES string of the molecule is CC(Nc1ccncc1Cl)c1cccc(F)c1. The molecule has 1 aromatic heterocycles. The maximum Gasteiger partial charge on any atom is 0.123 e. The van der Waals surface area contributed by atoms with Crippen LogP contribution in [0.15, 0.2) is 42.7 Å². The molecule has 0 bridgehead atoms. The molecule has 17 heavy (non-hydrogen) atoms. The number of aromatic nitrogens is 1. The van der Waals surface area contributed by atoms with E-state index in [0.717, 1.165) is 11.3 Å². The first-order valence-electron chi connectivity index (χ1n) is 5.28. The van der Waals surface area contributed by atoms with Gasteiger partial charge in [-0.1, -0.05) is 23.7 Å². The van der Waals surface area contributed by atoms with E-state index in [4.69, 9.17) is 11.6 Å². The fourth-order valence-corrected chi connectivity index (χ4v) is 1.76. The molecule has 1 unspecified atom stereocenters. The minimum Gasteiger partial charge on any atom is -0.377 e. The van der Waals surface area contributed by atoms with Gasteiger partial charge in [0.15, 0.2) is 0 Å². The minimum absolute atomic E-state index is 0.0226. The standard InChI is InChI=1S/C13H12ClFN2/c1-9(10-3-2-4-11(15)7-10)17-13-5-6-16-8-12(13)14/h2-9H,1H3,(H,16,17). The van der Waals surface area contributed by atoms with Crippen molar-refractivity contribution in [1.29, 1.82) is 0 Å². The summed E-state index contributed by atoms with van der Waals surface area (Å²) >= 11 is 5.99. The zero-order chi connectivity index (χ0) is 12.3. The van der Waals surface area contributed by atoms with E-state index in [9.17, 15) is 4.39 Å². The lowest BCUT2D eigenvalue weighted by molar-refractivity contribution is 0.623. The fourth-order valence-electron chi connectivity index (χ4n) is 1.58. The van der Waals surface area contributed by atoms with Crippen molar-refractivity contribution < 1.29 is 4.39 Å². The Balaban J connectivity index is 2.17. The molecule has 2 rings (SSSR count). The maximum absolute atomic E-state index is 13.1. The van der Waals surface area contributed by atoms with Gasteiger partial charge in [0.2, 0.25) is 0 Å². The fraction of sp³-hybridized carbons (Fsp3) is 0.154. The molecule has 0 aliphatic carbocycles. The number of hydrogen-bond donors (Lipinski definition) is 1. The summed E-state index contributed by atoms with van der Waals surface area (Å²) in [6.07, 6.45) is 3.23. The van der Waals surface area contributed by atoms with Crippen LogP contribution in [-0.4, -0.2) is 4.98 Å². The van der Waals surface area contributed by atoms with Gasteiger partial charge in [-0.25, -0.2) is 4.39 Å². The first kappa shape index (κ1) is 11.9. The number of benzene rings is 1. The average molecular weight is 251 g/mol. The molecular formula is C13H12ClFN2. The Bertz CT molecular complexity index is 516. The van der Waals surface area contributed by atoms with E-state index in [0.29, 0.717) is 5.02 Å². The van der Waals surface area contributed by atoms with E-state index in [1.54, 1.807) is 24.5 Å². The van der Waals surface area contributed by atoms with Crippen LogP contribution in [0.4, 0.5) is 10.1 Å². The highest BCUT2D eigenvalue weighted by molar-refractivity contribution is 6.33. The summed E-state index contributed by atoms with van der Waals surface area (Å²) < 4.78 is 13.1. The molecule has 0 saturated heterocycles.